The van der Waals surface area contributed by atoms with E-state index < -0.39 is 0 Å². The first kappa shape index (κ1) is 10.5. The number of rotatable bonds is 3. The monoisotopic (exact) mass is 185 g/mol. The van der Waals surface area contributed by atoms with Gasteiger partial charge in [0, 0.05) is 6.04 Å². The lowest BCUT2D eigenvalue weighted by Gasteiger charge is -2.20. The van der Waals surface area contributed by atoms with E-state index in [1.807, 2.05) is 6.92 Å². The van der Waals surface area contributed by atoms with Gasteiger partial charge in [0.05, 0.1) is 7.11 Å². The summed E-state index contributed by atoms with van der Waals surface area (Å²) in [4.78, 5) is 11.1. The fourth-order valence-electron chi connectivity index (χ4n) is 1.96. The highest BCUT2D eigenvalue weighted by Gasteiger charge is 2.26. The smallest absolute Gasteiger partial charge is 0.322 e. The topological polar surface area (TPSA) is 38.3 Å². The molecule has 2 unspecified atom stereocenters. The minimum Gasteiger partial charge on any atom is -0.468 e. The summed E-state index contributed by atoms with van der Waals surface area (Å²) in [6, 6.07) is 0.324. The summed E-state index contributed by atoms with van der Waals surface area (Å²) in [7, 11) is 1.43. The Morgan fingerprint density at radius 1 is 1.54 bits per heavy atom. The fourth-order valence-corrected chi connectivity index (χ4v) is 1.96. The maximum Gasteiger partial charge on any atom is 0.322 e. The highest BCUT2D eigenvalue weighted by Crippen LogP contribution is 2.25. The second-order valence-electron chi connectivity index (χ2n) is 3.93. The van der Waals surface area contributed by atoms with Crippen LogP contribution >= 0.6 is 0 Å². The van der Waals surface area contributed by atoms with E-state index in [1.54, 1.807) is 0 Å². The van der Waals surface area contributed by atoms with Crippen LogP contribution in [-0.2, 0) is 9.53 Å². The maximum absolute atomic E-state index is 11.1. The van der Waals surface area contributed by atoms with Crippen molar-refractivity contribution in [3.05, 3.63) is 0 Å². The molecule has 0 saturated heterocycles. The van der Waals surface area contributed by atoms with Crippen molar-refractivity contribution in [3.8, 4) is 0 Å². The molecule has 0 heterocycles. The Bertz CT molecular complexity index is 182. The van der Waals surface area contributed by atoms with Crippen LogP contribution in [-0.4, -0.2) is 25.2 Å². The van der Waals surface area contributed by atoms with Crippen molar-refractivity contribution < 1.29 is 9.53 Å². The molecule has 1 saturated carbocycles. The summed E-state index contributed by atoms with van der Waals surface area (Å²) in [5, 5.41) is 3.30. The number of hydrogen-bond donors (Lipinski definition) is 1. The highest BCUT2D eigenvalue weighted by atomic mass is 16.5. The third-order valence-corrected chi connectivity index (χ3v) is 2.88. The molecule has 3 heteroatoms. The van der Waals surface area contributed by atoms with Gasteiger partial charge in [0.1, 0.15) is 6.04 Å². The SMILES string of the molecule is COC(=O)[C@H](C)NC1CCCC1C. The zero-order valence-corrected chi connectivity index (χ0v) is 8.67. The normalized spacial score (nSPS) is 30.1. The van der Waals surface area contributed by atoms with Crippen molar-refractivity contribution in [2.45, 2.75) is 45.2 Å². The largest absolute Gasteiger partial charge is 0.468 e. The first-order chi connectivity index (χ1) is 6.15. The average Bonchev–Trinajstić information content (AvgIpc) is 2.50. The average molecular weight is 185 g/mol. The van der Waals surface area contributed by atoms with Crippen LogP contribution in [0.1, 0.15) is 33.1 Å². The zero-order chi connectivity index (χ0) is 9.84. The van der Waals surface area contributed by atoms with E-state index in [2.05, 4.69) is 17.0 Å². The predicted octanol–water partition coefficient (Wildman–Crippen LogP) is 1.33. The molecule has 76 valence electrons. The van der Waals surface area contributed by atoms with E-state index in [0.29, 0.717) is 12.0 Å². The molecule has 0 spiro atoms. The summed E-state index contributed by atoms with van der Waals surface area (Å²) in [6.45, 7) is 4.09. The van der Waals surface area contributed by atoms with Crippen molar-refractivity contribution in [3.63, 3.8) is 0 Å². The second kappa shape index (κ2) is 4.61. The van der Waals surface area contributed by atoms with Gasteiger partial charge in [-0.2, -0.15) is 0 Å². The first-order valence-corrected chi connectivity index (χ1v) is 4.99. The maximum atomic E-state index is 11.1. The summed E-state index contributed by atoms with van der Waals surface area (Å²) in [6.07, 6.45) is 3.72. The Morgan fingerprint density at radius 3 is 2.69 bits per heavy atom. The van der Waals surface area contributed by atoms with Crippen LogP contribution in [0.4, 0.5) is 0 Å². The Hall–Kier alpha value is -0.570. The summed E-state index contributed by atoms with van der Waals surface area (Å²) < 4.78 is 4.66. The Labute approximate surface area is 79.8 Å². The van der Waals surface area contributed by atoms with E-state index in [4.69, 9.17) is 0 Å². The van der Waals surface area contributed by atoms with E-state index in [1.165, 1.54) is 26.4 Å². The number of carbonyl (C=O) groups is 1. The van der Waals surface area contributed by atoms with E-state index in [0.717, 1.165) is 0 Å². The summed E-state index contributed by atoms with van der Waals surface area (Å²) >= 11 is 0. The van der Waals surface area contributed by atoms with Crippen molar-refractivity contribution in [2.24, 2.45) is 5.92 Å². The molecule has 0 aromatic heterocycles. The van der Waals surface area contributed by atoms with Gasteiger partial charge >= 0.3 is 5.97 Å². The second-order valence-corrected chi connectivity index (χ2v) is 3.93. The number of hydrogen-bond acceptors (Lipinski definition) is 3. The molecule has 3 atom stereocenters. The van der Waals surface area contributed by atoms with Crippen LogP contribution in [0, 0.1) is 5.92 Å². The first-order valence-electron chi connectivity index (χ1n) is 4.99. The molecule has 1 fully saturated rings. The Balaban J connectivity index is 2.34. The van der Waals surface area contributed by atoms with E-state index >= 15 is 0 Å². The molecule has 0 aliphatic heterocycles. The van der Waals surface area contributed by atoms with Gasteiger partial charge in [-0.3, -0.25) is 4.79 Å². The van der Waals surface area contributed by atoms with Crippen LogP contribution < -0.4 is 5.32 Å². The number of ether oxygens (including phenoxy) is 1. The van der Waals surface area contributed by atoms with Crippen molar-refractivity contribution in [1.29, 1.82) is 0 Å². The predicted molar refractivity (Wildman–Crippen MR) is 51.4 cm³/mol. The van der Waals surface area contributed by atoms with Crippen molar-refractivity contribution in [2.75, 3.05) is 7.11 Å². The lowest BCUT2D eigenvalue weighted by molar-refractivity contribution is -0.142. The van der Waals surface area contributed by atoms with Crippen LogP contribution in [0.5, 0.6) is 0 Å². The van der Waals surface area contributed by atoms with Gasteiger partial charge < -0.3 is 10.1 Å². The lowest BCUT2D eigenvalue weighted by Crippen LogP contribution is -2.43. The van der Waals surface area contributed by atoms with Crippen LogP contribution in [0.3, 0.4) is 0 Å². The van der Waals surface area contributed by atoms with Gasteiger partial charge in [-0.15, -0.1) is 0 Å². The van der Waals surface area contributed by atoms with E-state index in [9.17, 15) is 4.79 Å². The van der Waals surface area contributed by atoms with Gasteiger partial charge in [-0.25, -0.2) is 0 Å². The molecule has 1 rings (SSSR count). The summed E-state index contributed by atoms with van der Waals surface area (Å²) in [5.41, 5.74) is 0. The van der Waals surface area contributed by atoms with Crippen LogP contribution in [0.25, 0.3) is 0 Å². The van der Waals surface area contributed by atoms with Crippen LogP contribution in [0.15, 0.2) is 0 Å². The Kier molecular flexibility index (Phi) is 3.72. The molecule has 0 bridgehead atoms. The number of carbonyl (C=O) groups excluding carboxylic acids is 1. The van der Waals surface area contributed by atoms with Crippen molar-refractivity contribution in [1.82, 2.24) is 5.32 Å². The quantitative estimate of drug-likeness (QED) is 0.674. The summed E-state index contributed by atoms with van der Waals surface area (Å²) in [5.74, 6) is 0.520. The van der Waals surface area contributed by atoms with Gasteiger partial charge in [-0.05, 0) is 25.7 Å². The standard InChI is InChI=1S/C10H19NO2/c1-7-5-4-6-9(7)11-8(2)10(12)13-3/h7-9,11H,4-6H2,1-3H3/t7?,8-,9?/m0/s1. The fraction of sp³-hybridized carbons (Fsp3) is 0.900. The Morgan fingerprint density at radius 2 is 2.23 bits per heavy atom. The third-order valence-electron chi connectivity index (χ3n) is 2.88. The number of esters is 1. The minimum absolute atomic E-state index is 0.167. The molecule has 0 amide bonds. The molecule has 0 aromatic carbocycles. The molecule has 0 aromatic rings. The molecule has 1 aliphatic carbocycles. The molecular weight excluding hydrogens is 166 g/mol. The van der Waals surface area contributed by atoms with Gasteiger partial charge in [0.2, 0.25) is 0 Å². The molecule has 3 nitrogen and oxygen atoms in total. The van der Waals surface area contributed by atoms with Gasteiger partial charge in [-0.1, -0.05) is 13.3 Å². The highest BCUT2D eigenvalue weighted by molar-refractivity contribution is 5.75. The van der Waals surface area contributed by atoms with Gasteiger partial charge in [0.15, 0.2) is 0 Å². The minimum atomic E-state index is -0.171. The van der Waals surface area contributed by atoms with E-state index in [-0.39, 0.29) is 12.0 Å². The molecular formula is C10H19NO2. The molecule has 1 N–H and O–H groups in total. The molecule has 13 heavy (non-hydrogen) atoms. The van der Waals surface area contributed by atoms with Gasteiger partial charge in [0.25, 0.3) is 0 Å². The van der Waals surface area contributed by atoms with Crippen molar-refractivity contribution >= 4 is 5.97 Å². The third kappa shape index (κ3) is 2.69. The van der Waals surface area contributed by atoms with Crippen LogP contribution in [0.2, 0.25) is 0 Å². The number of nitrogens with one attached hydrogen (secondary N) is 1. The lowest BCUT2D eigenvalue weighted by atomic mass is 10.1. The zero-order valence-electron chi connectivity index (χ0n) is 8.67. The number of methoxy groups -OCH3 is 1. The molecule has 1 aliphatic rings. The molecule has 0 radical (unpaired) electrons.